The minimum absolute atomic E-state index is 0.00775. The van der Waals surface area contributed by atoms with Crippen LogP contribution in [0.25, 0.3) is 10.9 Å². The van der Waals surface area contributed by atoms with Crippen LogP contribution in [0.3, 0.4) is 0 Å². The zero-order chi connectivity index (χ0) is 16.9. The lowest BCUT2D eigenvalue weighted by molar-refractivity contribution is -0.121. The standard InChI is InChI=1S/C19H19FN2O2/c20-16-7-3-2-6-15(16)18(23)13-21-19(24)10-12-22-11-9-14-5-1-4-8-17(14)22/h1-9,11,18,23H,10,12-13H2,(H,21,24). The normalized spacial score (nSPS) is 12.2. The van der Waals surface area contributed by atoms with Gasteiger partial charge in [0.05, 0.1) is 6.10 Å². The zero-order valence-corrected chi connectivity index (χ0v) is 13.2. The van der Waals surface area contributed by atoms with Gasteiger partial charge in [-0.1, -0.05) is 36.4 Å². The number of nitrogens with zero attached hydrogens (tertiary/aromatic N) is 1. The summed E-state index contributed by atoms with van der Waals surface area (Å²) in [4.78, 5) is 12.0. The first kappa shape index (κ1) is 16.2. The fourth-order valence-electron chi connectivity index (χ4n) is 2.71. The summed E-state index contributed by atoms with van der Waals surface area (Å²) < 4.78 is 15.6. The van der Waals surface area contributed by atoms with Gasteiger partial charge in [-0.25, -0.2) is 4.39 Å². The van der Waals surface area contributed by atoms with E-state index in [-0.39, 0.29) is 18.0 Å². The monoisotopic (exact) mass is 326 g/mol. The summed E-state index contributed by atoms with van der Waals surface area (Å²) in [6.45, 7) is 0.543. The highest BCUT2D eigenvalue weighted by Crippen LogP contribution is 2.16. The number of aliphatic hydroxyl groups excluding tert-OH is 1. The van der Waals surface area contributed by atoms with Gasteiger partial charge < -0.3 is 15.0 Å². The number of halogens is 1. The quantitative estimate of drug-likeness (QED) is 0.731. The Morgan fingerprint density at radius 2 is 1.88 bits per heavy atom. The molecule has 0 aliphatic carbocycles. The summed E-state index contributed by atoms with van der Waals surface area (Å²) in [5.41, 5.74) is 1.27. The van der Waals surface area contributed by atoms with Crippen molar-refractivity contribution in [2.24, 2.45) is 0 Å². The Kier molecular flexibility index (Phi) is 4.91. The molecule has 0 aliphatic heterocycles. The lowest BCUT2D eigenvalue weighted by Gasteiger charge is -2.13. The molecule has 1 heterocycles. The van der Waals surface area contributed by atoms with Crippen molar-refractivity contribution in [3.05, 3.63) is 72.2 Å². The molecule has 24 heavy (non-hydrogen) atoms. The second-order valence-electron chi connectivity index (χ2n) is 5.66. The highest BCUT2D eigenvalue weighted by molar-refractivity contribution is 5.80. The number of carbonyl (C=O) groups is 1. The van der Waals surface area contributed by atoms with Gasteiger partial charge in [0.1, 0.15) is 5.82 Å². The van der Waals surface area contributed by atoms with Crippen molar-refractivity contribution in [2.45, 2.75) is 19.1 Å². The molecule has 4 nitrogen and oxygen atoms in total. The molecule has 0 saturated carbocycles. The van der Waals surface area contributed by atoms with Crippen LogP contribution in [0.2, 0.25) is 0 Å². The van der Waals surface area contributed by atoms with E-state index < -0.39 is 11.9 Å². The Morgan fingerprint density at radius 1 is 1.12 bits per heavy atom. The van der Waals surface area contributed by atoms with Crippen LogP contribution in [-0.4, -0.2) is 22.1 Å². The number of fused-ring (bicyclic) bond motifs is 1. The van der Waals surface area contributed by atoms with Crippen molar-refractivity contribution >= 4 is 16.8 Å². The molecular formula is C19H19FN2O2. The van der Waals surface area contributed by atoms with Crippen molar-refractivity contribution in [2.75, 3.05) is 6.54 Å². The molecule has 0 saturated heterocycles. The number of rotatable bonds is 6. The summed E-state index contributed by atoms with van der Waals surface area (Å²) in [6, 6.07) is 16.0. The molecule has 1 amide bonds. The fraction of sp³-hybridized carbons (Fsp3) is 0.211. The Labute approximate surface area is 139 Å². The van der Waals surface area contributed by atoms with Crippen LogP contribution < -0.4 is 5.32 Å². The van der Waals surface area contributed by atoms with E-state index in [4.69, 9.17) is 0 Å². The molecule has 0 radical (unpaired) electrons. The molecule has 0 fully saturated rings. The average molecular weight is 326 g/mol. The van der Waals surface area contributed by atoms with E-state index in [2.05, 4.69) is 5.32 Å². The van der Waals surface area contributed by atoms with Gasteiger partial charge in [0, 0.05) is 36.8 Å². The Morgan fingerprint density at radius 3 is 2.71 bits per heavy atom. The molecule has 1 atom stereocenters. The van der Waals surface area contributed by atoms with Crippen LogP contribution in [0.15, 0.2) is 60.8 Å². The third-order valence-corrected chi connectivity index (χ3v) is 4.02. The molecule has 5 heteroatoms. The van der Waals surface area contributed by atoms with E-state index >= 15 is 0 Å². The van der Waals surface area contributed by atoms with Crippen LogP contribution >= 0.6 is 0 Å². The molecular weight excluding hydrogens is 307 g/mol. The number of amides is 1. The summed E-state index contributed by atoms with van der Waals surface area (Å²) in [5.74, 6) is -0.652. The average Bonchev–Trinajstić information content (AvgIpc) is 3.01. The zero-order valence-electron chi connectivity index (χ0n) is 13.2. The number of aryl methyl sites for hydroxylation is 1. The van der Waals surface area contributed by atoms with Gasteiger partial charge in [-0.15, -0.1) is 0 Å². The van der Waals surface area contributed by atoms with Crippen molar-refractivity contribution in [1.29, 1.82) is 0 Å². The minimum Gasteiger partial charge on any atom is -0.386 e. The van der Waals surface area contributed by atoms with Gasteiger partial charge in [0.2, 0.25) is 5.91 Å². The smallest absolute Gasteiger partial charge is 0.221 e. The Bertz CT molecular complexity index is 844. The largest absolute Gasteiger partial charge is 0.386 e. The third-order valence-electron chi connectivity index (χ3n) is 4.02. The Hall–Kier alpha value is -2.66. The first-order valence-electron chi connectivity index (χ1n) is 7.88. The van der Waals surface area contributed by atoms with Crippen molar-refractivity contribution in [3.63, 3.8) is 0 Å². The first-order valence-corrected chi connectivity index (χ1v) is 7.88. The topological polar surface area (TPSA) is 54.3 Å². The SMILES string of the molecule is O=C(CCn1ccc2ccccc21)NCC(O)c1ccccc1F. The summed E-state index contributed by atoms with van der Waals surface area (Å²) >= 11 is 0. The Balaban J connectivity index is 1.52. The highest BCUT2D eigenvalue weighted by atomic mass is 19.1. The van der Waals surface area contributed by atoms with Crippen LogP contribution in [0.1, 0.15) is 18.1 Å². The van der Waals surface area contributed by atoms with Gasteiger partial charge in [0.25, 0.3) is 0 Å². The summed E-state index contributed by atoms with van der Waals surface area (Å²) in [5, 5.41) is 13.8. The van der Waals surface area contributed by atoms with E-state index in [0.717, 1.165) is 10.9 Å². The maximum Gasteiger partial charge on any atom is 0.221 e. The third kappa shape index (κ3) is 3.63. The van der Waals surface area contributed by atoms with Crippen LogP contribution in [-0.2, 0) is 11.3 Å². The lowest BCUT2D eigenvalue weighted by atomic mass is 10.1. The number of aliphatic hydroxyl groups is 1. The van der Waals surface area contributed by atoms with E-state index in [1.165, 1.54) is 12.1 Å². The molecule has 0 spiro atoms. The molecule has 2 aromatic carbocycles. The number of aromatic nitrogens is 1. The van der Waals surface area contributed by atoms with E-state index in [9.17, 15) is 14.3 Å². The number of hydrogen-bond acceptors (Lipinski definition) is 2. The van der Waals surface area contributed by atoms with E-state index in [1.807, 2.05) is 41.1 Å². The van der Waals surface area contributed by atoms with Crippen molar-refractivity contribution in [1.82, 2.24) is 9.88 Å². The molecule has 3 rings (SSSR count). The van der Waals surface area contributed by atoms with Gasteiger partial charge >= 0.3 is 0 Å². The molecule has 0 aliphatic rings. The molecule has 3 aromatic rings. The van der Waals surface area contributed by atoms with E-state index in [1.54, 1.807) is 12.1 Å². The summed E-state index contributed by atoms with van der Waals surface area (Å²) in [7, 11) is 0. The second-order valence-corrected chi connectivity index (χ2v) is 5.66. The highest BCUT2D eigenvalue weighted by Gasteiger charge is 2.13. The molecule has 1 unspecified atom stereocenters. The number of benzene rings is 2. The maximum absolute atomic E-state index is 13.6. The minimum atomic E-state index is -1.05. The molecule has 0 bridgehead atoms. The van der Waals surface area contributed by atoms with E-state index in [0.29, 0.717) is 13.0 Å². The fourth-order valence-corrected chi connectivity index (χ4v) is 2.71. The first-order chi connectivity index (χ1) is 11.6. The van der Waals surface area contributed by atoms with Crippen LogP contribution in [0.4, 0.5) is 4.39 Å². The predicted molar refractivity (Wildman–Crippen MR) is 90.9 cm³/mol. The van der Waals surface area contributed by atoms with Crippen molar-refractivity contribution < 1.29 is 14.3 Å². The van der Waals surface area contributed by atoms with Gasteiger partial charge in [-0.05, 0) is 23.6 Å². The van der Waals surface area contributed by atoms with Gasteiger partial charge in [-0.3, -0.25) is 4.79 Å². The number of para-hydroxylation sites is 1. The molecule has 1 aromatic heterocycles. The maximum atomic E-state index is 13.6. The van der Waals surface area contributed by atoms with Gasteiger partial charge in [-0.2, -0.15) is 0 Å². The number of hydrogen-bond donors (Lipinski definition) is 2. The van der Waals surface area contributed by atoms with Crippen LogP contribution in [0, 0.1) is 5.82 Å². The number of carbonyl (C=O) groups excluding carboxylic acids is 1. The number of nitrogens with one attached hydrogen (secondary N) is 1. The summed E-state index contributed by atoms with van der Waals surface area (Å²) in [6.07, 6.45) is 1.19. The predicted octanol–water partition coefficient (Wildman–Crippen LogP) is 3.02. The molecule has 2 N–H and O–H groups in total. The lowest BCUT2D eigenvalue weighted by Crippen LogP contribution is -2.29. The molecule has 124 valence electrons. The second kappa shape index (κ2) is 7.27. The van der Waals surface area contributed by atoms with Crippen molar-refractivity contribution in [3.8, 4) is 0 Å². The van der Waals surface area contributed by atoms with Gasteiger partial charge in [0.15, 0.2) is 0 Å². The van der Waals surface area contributed by atoms with Crippen LogP contribution in [0.5, 0.6) is 0 Å².